The van der Waals surface area contributed by atoms with Gasteiger partial charge in [0.15, 0.2) is 0 Å². The Kier molecular flexibility index (Phi) is 4.00. The molecule has 6 heteroatoms. The van der Waals surface area contributed by atoms with Gasteiger partial charge in [0.25, 0.3) is 0 Å². The Hall–Kier alpha value is -2.50. The maximum atomic E-state index is 12.4. The summed E-state index contributed by atoms with van der Waals surface area (Å²) in [5.41, 5.74) is 1.95. The van der Waals surface area contributed by atoms with E-state index in [1.165, 1.54) is 0 Å². The average Bonchev–Trinajstić information content (AvgIpc) is 2.97. The van der Waals surface area contributed by atoms with Crippen molar-refractivity contribution in [1.29, 1.82) is 0 Å². The maximum absolute atomic E-state index is 12.4. The number of benzene rings is 1. The lowest BCUT2D eigenvalue weighted by Gasteiger charge is -2.32. The number of ether oxygens (including phenoxy) is 1. The van der Waals surface area contributed by atoms with E-state index in [0.717, 1.165) is 28.6 Å². The molecule has 1 saturated heterocycles. The largest absolute Gasteiger partial charge is 0.497 e. The highest BCUT2D eigenvalue weighted by Gasteiger charge is 2.21. The number of methoxy groups -OCH3 is 1. The lowest BCUT2D eigenvalue weighted by atomic mass is 10.1. The van der Waals surface area contributed by atoms with Gasteiger partial charge in [0.05, 0.1) is 13.5 Å². The van der Waals surface area contributed by atoms with Gasteiger partial charge in [-0.2, -0.15) is 0 Å². The molecule has 2 heterocycles. The van der Waals surface area contributed by atoms with E-state index in [0.29, 0.717) is 32.6 Å². The van der Waals surface area contributed by atoms with E-state index in [2.05, 4.69) is 4.98 Å². The fourth-order valence-corrected chi connectivity index (χ4v) is 2.79. The molecule has 0 radical (unpaired) electrons. The fraction of sp³-hybridized carbons (Fsp3) is 0.375. The summed E-state index contributed by atoms with van der Waals surface area (Å²) in [7, 11) is 1.63. The first kappa shape index (κ1) is 14.4. The zero-order chi connectivity index (χ0) is 15.5. The SMILES string of the molecule is COc1ccc2c(CC(=O)N3CCN(C=O)CC3)c[nH]c2c1. The van der Waals surface area contributed by atoms with Gasteiger partial charge < -0.3 is 19.5 Å². The number of H-pyrrole nitrogens is 1. The van der Waals surface area contributed by atoms with Gasteiger partial charge >= 0.3 is 0 Å². The van der Waals surface area contributed by atoms with Crippen LogP contribution in [-0.2, 0) is 16.0 Å². The van der Waals surface area contributed by atoms with Crippen molar-refractivity contribution >= 4 is 23.2 Å². The number of piperazine rings is 1. The molecule has 6 nitrogen and oxygen atoms in total. The first-order chi connectivity index (χ1) is 10.7. The van der Waals surface area contributed by atoms with Crippen molar-refractivity contribution in [2.45, 2.75) is 6.42 Å². The Morgan fingerprint density at radius 1 is 1.32 bits per heavy atom. The number of hydrogen-bond acceptors (Lipinski definition) is 3. The lowest BCUT2D eigenvalue weighted by Crippen LogP contribution is -2.48. The first-order valence-corrected chi connectivity index (χ1v) is 7.32. The number of nitrogens with one attached hydrogen (secondary N) is 1. The Morgan fingerprint density at radius 3 is 2.77 bits per heavy atom. The number of rotatable bonds is 4. The van der Waals surface area contributed by atoms with Gasteiger partial charge in [-0.15, -0.1) is 0 Å². The Balaban J connectivity index is 1.70. The third-order valence-corrected chi connectivity index (χ3v) is 4.13. The van der Waals surface area contributed by atoms with Crippen LogP contribution in [0.2, 0.25) is 0 Å². The fourth-order valence-electron chi connectivity index (χ4n) is 2.79. The smallest absolute Gasteiger partial charge is 0.227 e. The minimum absolute atomic E-state index is 0.0993. The molecule has 0 unspecified atom stereocenters. The lowest BCUT2D eigenvalue weighted by molar-refractivity contribution is -0.134. The highest BCUT2D eigenvalue weighted by Crippen LogP contribution is 2.24. The van der Waals surface area contributed by atoms with Crippen LogP contribution in [0.25, 0.3) is 10.9 Å². The number of hydrogen-bond donors (Lipinski definition) is 1. The maximum Gasteiger partial charge on any atom is 0.227 e. The molecule has 116 valence electrons. The van der Waals surface area contributed by atoms with Crippen LogP contribution in [0.5, 0.6) is 5.75 Å². The number of carbonyl (C=O) groups excluding carboxylic acids is 2. The summed E-state index contributed by atoms with van der Waals surface area (Å²) in [6.45, 7) is 2.43. The molecule has 0 saturated carbocycles. The third kappa shape index (κ3) is 2.77. The summed E-state index contributed by atoms with van der Waals surface area (Å²) >= 11 is 0. The zero-order valence-electron chi connectivity index (χ0n) is 12.5. The Bertz CT molecular complexity index is 687. The molecule has 1 fully saturated rings. The molecular weight excluding hydrogens is 282 g/mol. The second-order valence-electron chi connectivity index (χ2n) is 5.42. The van der Waals surface area contributed by atoms with E-state index in [9.17, 15) is 9.59 Å². The van der Waals surface area contributed by atoms with E-state index in [4.69, 9.17) is 4.74 Å². The molecule has 1 aliphatic heterocycles. The van der Waals surface area contributed by atoms with Gasteiger partial charge in [-0.05, 0) is 17.7 Å². The number of aromatic amines is 1. The topological polar surface area (TPSA) is 65.6 Å². The van der Waals surface area contributed by atoms with Crippen LogP contribution in [0.3, 0.4) is 0 Å². The van der Waals surface area contributed by atoms with E-state index in [1.54, 1.807) is 12.0 Å². The minimum Gasteiger partial charge on any atom is -0.497 e. The highest BCUT2D eigenvalue weighted by molar-refractivity contribution is 5.89. The van der Waals surface area contributed by atoms with Gasteiger partial charge in [0.1, 0.15) is 5.75 Å². The summed E-state index contributed by atoms with van der Waals surface area (Å²) in [6, 6.07) is 5.79. The van der Waals surface area contributed by atoms with Crippen LogP contribution in [0.15, 0.2) is 24.4 Å². The molecule has 0 atom stereocenters. The van der Waals surface area contributed by atoms with Crippen LogP contribution in [0.1, 0.15) is 5.56 Å². The molecule has 2 aromatic rings. The van der Waals surface area contributed by atoms with Gasteiger partial charge in [-0.1, -0.05) is 0 Å². The van der Waals surface area contributed by atoms with Crippen molar-refractivity contribution in [3.8, 4) is 5.75 Å². The predicted octanol–water partition coefficient (Wildman–Crippen LogP) is 1.02. The highest BCUT2D eigenvalue weighted by atomic mass is 16.5. The van der Waals surface area contributed by atoms with E-state index < -0.39 is 0 Å². The normalized spacial score (nSPS) is 15.1. The number of nitrogens with zero attached hydrogens (tertiary/aromatic N) is 2. The van der Waals surface area contributed by atoms with Gasteiger partial charge in [-0.25, -0.2) is 0 Å². The molecule has 0 aliphatic carbocycles. The van der Waals surface area contributed by atoms with E-state index in [-0.39, 0.29) is 5.91 Å². The van der Waals surface area contributed by atoms with Crippen molar-refractivity contribution in [3.63, 3.8) is 0 Å². The molecule has 0 bridgehead atoms. The molecule has 2 amide bonds. The standard InChI is InChI=1S/C16H19N3O3/c1-22-13-2-3-14-12(10-17-15(14)9-13)8-16(21)19-6-4-18(11-20)5-7-19/h2-3,9-11,17H,4-8H2,1H3. The van der Waals surface area contributed by atoms with Gasteiger partial charge in [0, 0.05) is 49.3 Å². The molecule has 3 rings (SSSR count). The summed E-state index contributed by atoms with van der Waals surface area (Å²) in [5, 5.41) is 1.04. The molecule has 1 aromatic carbocycles. The molecule has 22 heavy (non-hydrogen) atoms. The van der Waals surface area contributed by atoms with Crippen molar-refractivity contribution in [1.82, 2.24) is 14.8 Å². The van der Waals surface area contributed by atoms with Crippen LogP contribution >= 0.6 is 0 Å². The molecule has 1 N–H and O–H groups in total. The van der Waals surface area contributed by atoms with Gasteiger partial charge in [-0.3, -0.25) is 9.59 Å². The average molecular weight is 301 g/mol. The molecule has 1 aromatic heterocycles. The number of carbonyl (C=O) groups is 2. The predicted molar refractivity (Wildman–Crippen MR) is 82.8 cm³/mol. The third-order valence-electron chi connectivity index (χ3n) is 4.13. The number of fused-ring (bicyclic) bond motifs is 1. The van der Waals surface area contributed by atoms with Crippen molar-refractivity contribution in [2.75, 3.05) is 33.3 Å². The second kappa shape index (κ2) is 6.09. The van der Waals surface area contributed by atoms with Crippen LogP contribution in [-0.4, -0.2) is 60.4 Å². The number of aromatic nitrogens is 1. The van der Waals surface area contributed by atoms with Crippen molar-refractivity contribution in [2.24, 2.45) is 0 Å². The van der Waals surface area contributed by atoms with E-state index >= 15 is 0 Å². The summed E-state index contributed by atoms with van der Waals surface area (Å²) in [5.74, 6) is 0.888. The molecule has 1 aliphatic rings. The first-order valence-electron chi connectivity index (χ1n) is 7.32. The summed E-state index contributed by atoms with van der Waals surface area (Å²) in [4.78, 5) is 29.8. The monoisotopic (exact) mass is 301 g/mol. The van der Waals surface area contributed by atoms with Crippen LogP contribution in [0.4, 0.5) is 0 Å². The van der Waals surface area contributed by atoms with Gasteiger partial charge in [0.2, 0.25) is 12.3 Å². The Labute approximate surface area is 128 Å². The summed E-state index contributed by atoms with van der Waals surface area (Å²) < 4.78 is 5.20. The van der Waals surface area contributed by atoms with Crippen molar-refractivity contribution < 1.29 is 14.3 Å². The molecular formula is C16H19N3O3. The Morgan fingerprint density at radius 2 is 2.09 bits per heavy atom. The van der Waals surface area contributed by atoms with E-state index in [1.807, 2.05) is 29.3 Å². The second-order valence-corrected chi connectivity index (χ2v) is 5.42. The van der Waals surface area contributed by atoms with Crippen LogP contribution in [0, 0.1) is 0 Å². The summed E-state index contributed by atoms with van der Waals surface area (Å²) in [6.07, 6.45) is 3.09. The number of amides is 2. The molecule has 0 spiro atoms. The van der Waals surface area contributed by atoms with Crippen LogP contribution < -0.4 is 4.74 Å². The zero-order valence-corrected chi connectivity index (χ0v) is 12.5. The van der Waals surface area contributed by atoms with Crippen molar-refractivity contribution in [3.05, 3.63) is 30.0 Å². The quantitative estimate of drug-likeness (QED) is 0.858. The minimum atomic E-state index is 0.0993.